The summed E-state index contributed by atoms with van der Waals surface area (Å²) >= 11 is 6.09. The summed E-state index contributed by atoms with van der Waals surface area (Å²) < 4.78 is 5.70. The molecule has 0 bridgehead atoms. The first-order chi connectivity index (χ1) is 10.2. The Bertz CT molecular complexity index is 836. The Hall–Kier alpha value is -2.66. The van der Waals surface area contributed by atoms with Gasteiger partial charge < -0.3 is 4.74 Å². The Morgan fingerprint density at radius 3 is 2.67 bits per heavy atom. The molecule has 0 N–H and O–H groups in total. The first kappa shape index (κ1) is 13.3. The molecule has 6 heteroatoms. The molecule has 0 amide bonds. The van der Waals surface area contributed by atoms with Crippen molar-refractivity contribution in [3.8, 4) is 11.5 Å². The fourth-order valence-corrected chi connectivity index (χ4v) is 2.24. The standard InChI is InChI=1S/C15H9ClN2O3/c16-11-5-3-4-10-13(8-9-17-15(10)11)21-14-7-2-1-6-12(14)18(19)20/h1-9H. The summed E-state index contributed by atoms with van der Waals surface area (Å²) in [4.78, 5) is 14.7. The van der Waals surface area contributed by atoms with E-state index in [1.54, 1.807) is 48.7 Å². The second-order valence-electron chi connectivity index (χ2n) is 4.27. The molecule has 5 nitrogen and oxygen atoms in total. The predicted molar refractivity (Wildman–Crippen MR) is 79.9 cm³/mol. The van der Waals surface area contributed by atoms with Crippen LogP contribution in [0.2, 0.25) is 5.02 Å². The van der Waals surface area contributed by atoms with E-state index >= 15 is 0 Å². The first-order valence-corrected chi connectivity index (χ1v) is 6.49. The van der Waals surface area contributed by atoms with Crippen LogP contribution in [-0.4, -0.2) is 9.91 Å². The molecule has 3 aromatic rings. The zero-order valence-corrected chi connectivity index (χ0v) is 11.4. The number of hydrogen-bond acceptors (Lipinski definition) is 4. The summed E-state index contributed by atoms with van der Waals surface area (Å²) in [6, 6.07) is 13.2. The van der Waals surface area contributed by atoms with Gasteiger partial charge in [0.15, 0.2) is 0 Å². The van der Waals surface area contributed by atoms with Gasteiger partial charge in [-0.05, 0) is 24.3 Å². The molecule has 0 fully saturated rings. The van der Waals surface area contributed by atoms with E-state index in [1.165, 1.54) is 6.07 Å². The number of benzene rings is 2. The minimum atomic E-state index is -0.480. The normalized spacial score (nSPS) is 10.5. The highest BCUT2D eigenvalue weighted by atomic mass is 35.5. The van der Waals surface area contributed by atoms with Crippen LogP contribution in [0.5, 0.6) is 11.5 Å². The average Bonchev–Trinajstić information content (AvgIpc) is 2.49. The molecule has 0 saturated carbocycles. The van der Waals surface area contributed by atoms with E-state index in [0.29, 0.717) is 21.7 Å². The Kier molecular flexibility index (Phi) is 3.41. The fraction of sp³-hybridized carbons (Fsp3) is 0. The van der Waals surface area contributed by atoms with Crippen molar-refractivity contribution in [3.05, 3.63) is 69.9 Å². The van der Waals surface area contributed by atoms with Crippen molar-refractivity contribution in [2.45, 2.75) is 0 Å². The monoisotopic (exact) mass is 300 g/mol. The zero-order valence-electron chi connectivity index (χ0n) is 10.7. The molecule has 104 valence electrons. The minimum absolute atomic E-state index is 0.0931. The molecular formula is C15H9ClN2O3. The molecule has 0 aliphatic heterocycles. The maximum Gasteiger partial charge on any atom is 0.311 e. The summed E-state index contributed by atoms with van der Waals surface area (Å²) in [5, 5.41) is 12.2. The number of nitrogens with zero attached hydrogens (tertiary/aromatic N) is 2. The van der Waals surface area contributed by atoms with E-state index in [2.05, 4.69) is 4.98 Å². The molecule has 3 rings (SSSR count). The summed E-state index contributed by atoms with van der Waals surface area (Å²) in [5.74, 6) is 0.645. The van der Waals surface area contributed by atoms with Gasteiger partial charge in [0.1, 0.15) is 5.75 Å². The number of pyridine rings is 1. The largest absolute Gasteiger partial charge is 0.449 e. The maximum atomic E-state index is 11.0. The van der Waals surface area contributed by atoms with Crippen LogP contribution in [0.25, 0.3) is 10.9 Å². The van der Waals surface area contributed by atoms with Crippen LogP contribution in [0.3, 0.4) is 0 Å². The van der Waals surface area contributed by atoms with E-state index in [4.69, 9.17) is 16.3 Å². The molecule has 0 aliphatic rings. The zero-order chi connectivity index (χ0) is 14.8. The van der Waals surface area contributed by atoms with Crippen LogP contribution >= 0.6 is 11.6 Å². The van der Waals surface area contributed by atoms with Gasteiger partial charge in [0, 0.05) is 17.6 Å². The molecule has 0 spiro atoms. The highest BCUT2D eigenvalue weighted by Crippen LogP contribution is 2.35. The molecule has 1 aromatic heterocycles. The maximum absolute atomic E-state index is 11.0. The SMILES string of the molecule is O=[N+]([O-])c1ccccc1Oc1ccnc2c(Cl)cccc12. The molecule has 0 saturated heterocycles. The van der Waals surface area contributed by atoms with Crippen molar-refractivity contribution in [3.63, 3.8) is 0 Å². The number of ether oxygens (including phenoxy) is 1. The van der Waals surface area contributed by atoms with Crippen LogP contribution in [-0.2, 0) is 0 Å². The molecule has 0 radical (unpaired) electrons. The van der Waals surface area contributed by atoms with Crippen molar-refractivity contribution in [2.24, 2.45) is 0 Å². The second-order valence-corrected chi connectivity index (χ2v) is 4.68. The fourth-order valence-electron chi connectivity index (χ4n) is 2.02. The molecule has 0 aliphatic carbocycles. The van der Waals surface area contributed by atoms with Gasteiger partial charge in [-0.15, -0.1) is 0 Å². The Morgan fingerprint density at radius 1 is 1.05 bits per heavy atom. The lowest BCUT2D eigenvalue weighted by Gasteiger charge is -2.09. The van der Waals surface area contributed by atoms with Crippen LogP contribution in [0.1, 0.15) is 0 Å². The van der Waals surface area contributed by atoms with Gasteiger partial charge in [0.25, 0.3) is 0 Å². The first-order valence-electron chi connectivity index (χ1n) is 6.11. The number of rotatable bonds is 3. The average molecular weight is 301 g/mol. The number of nitro groups is 1. The van der Waals surface area contributed by atoms with Gasteiger partial charge in [0.2, 0.25) is 5.75 Å². The summed E-state index contributed by atoms with van der Waals surface area (Å²) in [6.45, 7) is 0. The summed E-state index contributed by atoms with van der Waals surface area (Å²) in [5.41, 5.74) is 0.500. The number of para-hydroxylation sites is 3. The van der Waals surface area contributed by atoms with Crippen molar-refractivity contribution in [1.29, 1.82) is 0 Å². The molecule has 1 heterocycles. The second kappa shape index (κ2) is 5.38. The van der Waals surface area contributed by atoms with Gasteiger partial charge in [0.05, 0.1) is 15.5 Å². The Balaban J connectivity index is 2.11. The van der Waals surface area contributed by atoms with Crippen molar-refractivity contribution < 1.29 is 9.66 Å². The third kappa shape index (κ3) is 2.51. The van der Waals surface area contributed by atoms with E-state index in [1.807, 2.05) is 0 Å². The third-order valence-electron chi connectivity index (χ3n) is 2.96. The van der Waals surface area contributed by atoms with E-state index < -0.39 is 4.92 Å². The van der Waals surface area contributed by atoms with E-state index in [9.17, 15) is 10.1 Å². The third-order valence-corrected chi connectivity index (χ3v) is 3.27. The topological polar surface area (TPSA) is 65.3 Å². The number of hydrogen-bond donors (Lipinski definition) is 0. The van der Waals surface area contributed by atoms with Crippen molar-refractivity contribution in [1.82, 2.24) is 4.98 Å². The number of halogens is 1. The summed E-state index contributed by atoms with van der Waals surface area (Å²) in [7, 11) is 0. The van der Waals surface area contributed by atoms with Gasteiger partial charge in [-0.2, -0.15) is 0 Å². The Labute approximate surface area is 124 Å². The predicted octanol–water partition coefficient (Wildman–Crippen LogP) is 4.59. The van der Waals surface area contributed by atoms with Crippen molar-refractivity contribution in [2.75, 3.05) is 0 Å². The number of aromatic nitrogens is 1. The highest BCUT2D eigenvalue weighted by molar-refractivity contribution is 6.35. The highest BCUT2D eigenvalue weighted by Gasteiger charge is 2.16. The molecule has 21 heavy (non-hydrogen) atoms. The van der Waals surface area contributed by atoms with Crippen LogP contribution in [0.4, 0.5) is 5.69 Å². The van der Waals surface area contributed by atoms with E-state index in [0.717, 1.165) is 0 Å². The lowest BCUT2D eigenvalue weighted by Crippen LogP contribution is -1.94. The van der Waals surface area contributed by atoms with Gasteiger partial charge in [-0.25, -0.2) is 0 Å². The molecule has 0 unspecified atom stereocenters. The molecule has 2 aromatic carbocycles. The van der Waals surface area contributed by atoms with Gasteiger partial charge in [-0.3, -0.25) is 15.1 Å². The molecular weight excluding hydrogens is 292 g/mol. The lowest BCUT2D eigenvalue weighted by molar-refractivity contribution is -0.385. The van der Waals surface area contributed by atoms with Crippen LogP contribution in [0.15, 0.2) is 54.7 Å². The number of fused-ring (bicyclic) bond motifs is 1. The van der Waals surface area contributed by atoms with Gasteiger partial charge >= 0.3 is 5.69 Å². The van der Waals surface area contributed by atoms with Crippen LogP contribution < -0.4 is 4.74 Å². The van der Waals surface area contributed by atoms with Crippen molar-refractivity contribution >= 4 is 28.2 Å². The van der Waals surface area contributed by atoms with Gasteiger partial charge in [-0.1, -0.05) is 29.8 Å². The summed E-state index contributed by atoms with van der Waals surface area (Å²) in [6.07, 6.45) is 1.55. The van der Waals surface area contributed by atoms with Crippen LogP contribution in [0, 0.1) is 10.1 Å². The van der Waals surface area contributed by atoms with E-state index in [-0.39, 0.29) is 11.4 Å². The minimum Gasteiger partial charge on any atom is -0.449 e. The number of nitro benzene ring substituents is 1. The molecule has 0 atom stereocenters. The Morgan fingerprint density at radius 2 is 1.86 bits per heavy atom. The smallest absolute Gasteiger partial charge is 0.311 e. The lowest BCUT2D eigenvalue weighted by atomic mass is 10.2. The quantitative estimate of drug-likeness (QED) is 0.524.